The Morgan fingerprint density at radius 1 is 1.53 bits per heavy atom. The van der Waals surface area contributed by atoms with Gasteiger partial charge in [0.1, 0.15) is 6.54 Å². The van der Waals surface area contributed by atoms with Crippen LogP contribution in [-0.4, -0.2) is 19.6 Å². The molecule has 15 heavy (non-hydrogen) atoms. The summed E-state index contributed by atoms with van der Waals surface area (Å²) >= 11 is 0. The van der Waals surface area contributed by atoms with Crippen molar-refractivity contribution >= 4 is 17.3 Å². The van der Waals surface area contributed by atoms with Crippen molar-refractivity contribution in [2.24, 2.45) is 0 Å². The predicted molar refractivity (Wildman–Crippen MR) is 51.3 cm³/mol. The third kappa shape index (κ3) is 2.55. The Labute approximate surface area is 85.0 Å². The Kier molecular flexibility index (Phi) is 3.43. The molecule has 1 aromatic carbocycles. The van der Waals surface area contributed by atoms with Crippen molar-refractivity contribution < 1.29 is 18.3 Å². The van der Waals surface area contributed by atoms with E-state index in [-0.39, 0.29) is 17.9 Å². The molecule has 0 atom stereocenters. The summed E-state index contributed by atoms with van der Waals surface area (Å²) < 4.78 is 30.2. The maximum absolute atomic E-state index is 13.1. The maximum Gasteiger partial charge on any atom is 0.325 e. The number of nitrogen functional groups attached to an aromatic ring is 1. The molecule has 0 aliphatic heterocycles. The number of hydrogen-bond acceptors (Lipinski definition) is 4. The van der Waals surface area contributed by atoms with E-state index in [0.29, 0.717) is 0 Å². The number of benzene rings is 1. The topological polar surface area (TPSA) is 64.3 Å². The van der Waals surface area contributed by atoms with Crippen LogP contribution in [0.25, 0.3) is 0 Å². The fraction of sp³-hybridized carbons (Fsp3) is 0.222. The number of esters is 1. The molecule has 0 radical (unpaired) electrons. The van der Waals surface area contributed by atoms with Gasteiger partial charge in [-0.15, -0.1) is 0 Å². The number of nitrogens with one attached hydrogen (secondary N) is 1. The summed E-state index contributed by atoms with van der Waals surface area (Å²) in [5.74, 6) is -2.74. The number of methoxy groups -OCH3 is 1. The van der Waals surface area contributed by atoms with E-state index >= 15 is 0 Å². The van der Waals surface area contributed by atoms with E-state index in [1.54, 1.807) is 0 Å². The normalized spacial score (nSPS) is 9.80. The minimum atomic E-state index is -1.11. The molecule has 0 amide bonds. The summed E-state index contributed by atoms with van der Waals surface area (Å²) in [5, 5.41) is 2.36. The first-order chi connectivity index (χ1) is 7.06. The number of anilines is 2. The highest BCUT2D eigenvalue weighted by Crippen LogP contribution is 2.24. The monoisotopic (exact) mass is 216 g/mol. The van der Waals surface area contributed by atoms with E-state index in [1.807, 2.05) is 0 Å². The summed E-state index contributed by atoms with van der Waals surface area (Å²) in [6.07, 6.45) is 0. The van der Waals surface area contributed by atoms with Gasteiger partial charge in [-0.2, -0.15) is 0 Å². The Hall–Kier alpha value is -1.85. The molecule has 1 rings (SSSR count). The zero-order valence-electron chi connectivity index (χ0n) is 8.01. The average Bonchev–Trinajstić information content (AvgIpc) is 2.23. The van der Waals surface area contributed by atoms with Gasteiger partial charge in [-0.3, -0.25) is 4.79 Å². The van der Waals surface area contributed by atoms with Crippen LogP contribution in [0.3, 0.4) is 0 Å². The summed E-state index contributed by atoms with van der Waals surface area (Å²) in [6.45, 7) is -0.277. The predicted octanol–water partition coefficient (Wildman–Crippen LogP) is 1.13. The van der Waals surface area contributed by atoms with Gasteiger partial charge in [0.25, 0.3) is 0 Å². The van der Waals surface area contributed by atoms with Gasteiger partial charge < -0.3 is 15.8 Å². The molecule has 1 aromatic rings. The minimum absolute atomic E-state index is 0.0257. The summed E-state index contributed by atoms with van der Waals surface area (Å²) in [7, 11) is 1.19. The molecule has 0 heterocycles. The Morgan fingerprint density at radius 2 is 2.20 bits per heavy atom. The lowest BCUT2D eigenvalue weighted by atomic mass is 10.2. The van der Waals surface area contributed by atoms with Gasteiger partial charge in [-0.25, -0.2) is 8.78 Å². The molecule has 82 valence electrons. The highest BCUT2D eigenvalue weighted by Gasteiger charge is 2.12. The summed E-state index contributed by atoms with van der Waals surface area (Å²) in [4.78, 5) is 10.8. The first-order valence-electron chi connectivity index (χ1n) is 4.10. The molecular weight excluding hydrogens is 206 g/mol. The third-order valence-electron chi connectivity index (χ3n) is 1.76. The number of halogens is 2. The quantitative estimate of drug-likeness (QED) is 0.587. The number of rotatable bonds is 3. The molecule has 0 saturated heterocycles. The number of ether oxygens (including phenoxy) is 1. The van der Waals surface area contributed by atoms with Gasteiger partial charge in [-0.1, -0.05) is 0 Å². The zero-order chi connectivity index (χ0) is 11.4. The van der Waals surface area contributed by atoms with E-state index < -0.39 is 17.6 Å². The molecule has 0 fully saturated rings. The van der Waals surface area contributed by atoms with E-state index in [0.717, 1.165) is 6.07 Å². The number of hydrogen-bond donors (Lipinski definition) is 2. The highest BCUT2D eigenvalue weighted by molar-refractivity contribution is 5.77. The molecule has 0 bridgehead atoms. The molecule has 0 unspecified atom stereocenters. The lowest BCUT2D eigenvalue weighted by Gasteiger charge is -2.09. The van der Waals surface area contributed by atoms with E-state index in [1.165, 1.54) is 13.2 Å². The SMILES string of the molecule is COC(=O)CNc1c(N)ccc(F)c1F. The second-order valence-electron chi connectivity index (χ2n) is 2.76. The molecule has 0 aliphatic rings. The van der Waals surface area contributed by atoms with Crippen LogP contribution in [-0.2, 0) is 9.53 Å². The lowest BCUT2D eigenvalue weighted by molar-refractivity contribution is -0.138. The van der Waals surface area contributed by atoms with E-state index in [4.69, 9.17) is 5.73 Å². The number of nitrogens with two attached hydrogens (primary N) is 1. The fourth-order valence-electron chi connectivity index (χ4n) is 0.978. The summed E-state index contributed by atoms with van der Waals surface area (Å²) in [6, 6.07) is 2.12. The molecule has 4 nitrogen and oxygen atoms in total. The van der Waals surface area contributed by atoms with Crippen LogP contribution in [0.1, 0.15) is 0 Å². The lowest BCUT2D eigenvalue weighted by Crippen LogP contribution is -2.17. The van der Waals surface area contributed by atoms with E-state index in [2.05, 4.69) is 10.1 Å². The fourth-order valence-corrected chi connectivity index (χ4v) is 0.978. The van der Waals surface area contributed by atoms with Gasteiger partial charge >= 0.3 is 5.97 Å². The molecule has 0 saturated carbocycles. The third-order valence-corrected chi connectivity index (χ3v) is 1.76. The van der Waals surface area contributed by atoms with Crippen molar-refractivity contribution in [1.29, 1.82) is 0 Å². The first kappa shape index (κ1) is 11.2. The largest absolute Gasteiger partial charge is 0.468 e. The molecule has 0 spiro atoms. The van der Waals surface area contributed by atoms with Crippen LogP contribution >= 0.6 is 0 Å². The van der Waals surface area contributed by atoms with Crippen molar-refractivity contribution in [3.8, 4) is 0 Å². The Morgan fingerprint density at radius 3 is 2.80 bits per heavy atom. The average molecular weight is 216 g/mol. The van der Waals surface area contributed by atoms with Crippen LogP contribution in [0, 0.1) is 11.6 Å². The smallest absolute Gasteiger partial charge is 0.325 e. The van der Waals surface area contributed by atoms with Crippen LogP contribution in [0.5, 0.6) is 0 Å². The second-order valence-corrected chi connectivity index (χ2v) is 2.76. The van der Waals surface area contributed by atoms with E-state index in [9.17, 15) is 13.6 Å². The molecular formula is C9H10F2N2O2. The van der Waals surface area contributed by atoms with Gasteiger partial charge in [-0.05, 0) is 12.1 Å². The Bertz CT molecular complexity index is 383. The van der Waals surface area contributed by atoms with Crippen molar-refractivity contribution in [1.82, 2.24) is 0 Å². The molecule has 3 N–H and O–H groups in total. The van der Waals surface area contributed by atoms with Gasteiger partial charge in [0.05, 0.1) is 18.5 Å². The van der Waals surface area contributed by atoms with Gasteiger partial charge in [0, 0.05) is 0 Å². The minimum Gasteiger partial charge on any atom is -0.468 e. The van der Waals surface area contributed by atoms with Gasteiger partial charge in [0.2, 0.25) is 0 Å². The second kappa shape index (κ2) is 4.59. The van der Waals surface area contributed by atoms with Crippen LogP contribution < -0.4 is 11.1 Å². The van der Waals surface area contributed by atoms with Crippen molar-refractivity contribution in [3.63, 3.8) is 0 Å². The molecule has 0 aromatic heterocycles. The highest BCUT2D eigenvalue weighted by atomic mass is 19.2. The van der Waals surface area contributed by atoms with Gasteiger partial charge in [0.15, 0.2) is 11.6 Å². The van der Waals surface area contributed by atoms with Crippen LogP contribution in [0.2, 0.25) is 0 Å². The van der Waals surface area contributed by atoms with Crippen LogP contribution in [0.4, 0.5) is 20.2 Å². The Balaban J connectivity index is 2.84. The van der Waals surface area contributed by atoms with Crippen molar-refractivity contribution in [2.75, 3.05) is 24.7 Å². The molecule has 6 heteroatoms. The van der Waals surface area contributed by atoms with Crippen molar-refractivity contribution in [3.05, 3.63) is 23.8 Å². The maximum atomic E-state index is 13.1. The number of carbonyl (C=O) groups excluding carboxylic acids is 1. The number of carbonyl (C=O) groups is 1. The summed E-state index contributed by atoms with van der Waals surface area (Å²) in [5.41, 5.74) is 5.19. The first-order valence-corrected chi connectivity index (χ1v) is 4.10. The standard InChI is InChI=1S/C9H10F2N2O2/c1-15-7(14)4-13-9-6(12)3-2-5(10)8(9)11/h2-3,13H,4,12H2,1H3. The van der Waals surface area contributed by atoms with Crippen molar-refractivity contribution in [2.45, 2.75) is 0 Å². The zero-order valence-corrected chi connectivity index (χ0v) is 8.01. The molecule has 0 aliphatic carbocycles. The van der Waals surface area contributed by atoms with Crippen LogP contribution in [0.15, 0.2) is 12.1 Å².